The number of pyridine rings is 1. The highest BCUT2D eigenvalue weighted by molar-refractivity contribution is 8.06. The van der Waals surface area contributed by atoms with E-state index in [0.29, 0.717) is 11.2 Å². The molecule has 1 aliphatic rings. The van der Waals surface area contributed by atoms with Crippen LogP contribution in [0.3, 0.4) is 0 Å². The average molecular weight is 316 g/mol. The Kier molecular flexibility index (Phi) is 3.43. The van der Waals surface area contributed by atoms with E-state index >= 15 is 0 Å². The zero-order valence-corrected chi connectivity index (χ0v) is 13.2. The van der Waals surface area contributed by atoms with E-state index in [4.69, 9.17) is 5.73 Å². The maximum absolute atomic E-state index is 6.17. The average Bonchev–Trinajstić information content (AvgIpc) is 2.85. The van der Waals surface area contributed by atoms with Crippen molar-refractivity contribution < 1.29 is 0 Å². The molecule has 3 heterocycles. The Morgan fingerprint density at radius 3 is 3.00 bits per heavy atom. The highest BCUT2D eigenvalue weighted by atomic mass is 32.2. The third-order valence-corrected chi connectivity index (χ3v) is 6.61. The maximum Gasteiger partial charge on any atom is 0.201 e. The Hall–Kier alpha value is -1.40. The van der Waals surface area contributed by atoms with Crippen molar-refractivity contribution in [2.75, 3.05) is 23.0 Å². The lowest BCUT2D eigenvalue weighted by Crippen LogP contribution is -2.21. The van der Waals surface area contributed by atoms with Crippen molar-refractivity contribution in [3.8, 4) is 0 Å². The predicted molar refractivity (Wildman–Crippen MR) is 93.0 cm³/mol. The first kappa shape index (κ1) is 13.3. The summed E-state index contributed by atoms with van der Waals surface area (Å²) in [5.74, 6) is 4.27. The molecule has 4 rings (SSSR count). The predicted octanol–water partition coefficient (Wildman–Crippen LogP) is 3.02. The molecule has 0 spiro atoms. The van der Waals surface area contributed by atoms with Crippen molar-refractivity contribution in [3.05, 3.63) is 30.5 Å². The van der Waals surface area contributed by atoms with Gasteiger partial charge in [0.2, 0.25) is 5.95 Å². The standard InChI is InChI=1S/C15H16N4S2/c16-15-18-13-7-17-12-4-2-1-3-11(12)14(13)19(15)8-10-9-20-5-6-21-10/h1-4,7,10H,5-6,8-9H2,(H2,16,18). The normalized spacial score (nSPS) is 19.3. The van der Waals surface area contributed by atoms with Crippen LogP contribution in [-0.2, 0) is 6.54 Å². The van der Waals surface area contributed by atoms with Gasteiger partial charge in [-0.15, -0.1) is 0 Å². The number of fused-ring (bicyclic) bond motifs is 3. The van der Waals surface area contributed by atoms with Gasteiger partial charge in [0.1, 0.15) is 5.52 Å². The number of benzene rings is 1. The zero-order valence-electron chi connectivity index (χ0n) is 11.5. The lowest BCUT2D eigenvalue weighted by atomic mass is 10.2. The summed E-state index contributed by atoms with van der Waals surface area (Å²) in [5, 5.41) is 1.74. The Balaban J connectivity index is 1.86. The monoisotopic (exact) mass is 316 g/mol. The molecule has 0 bridgehead atoms. The third kappa shape index (κ3) is 2.36. The van der Waals surface area contributed by atoms with Gasteiger partial charge in [0.15, 0.2) is 0 Å². The van der Waals surface area contributed by atoms with Crippen LogP contribution >= 0.6 is 23.5 Å². The molecule has 1 saturated heterocycles. The van der Waals surface area contributed by atoms with E-state index in [2.05, 4.69) is 20.6 Å². The van der Waals surface area contributed by atoms with Crippen LogP contribution in [0.25, 0.3) is 21.9 Å². The fourth-order valence-corrected chi connectivity index (χ4v) is 5.46. The molecule has 3 aromatic rings. The van der Waals surface area contributed by atoms with Crippen molar-refractivity contribution in [3.63, 3.8) is 0 Å². The Bertz CT molecular complexity index is 793. The lowest BCUT2D eigenvalue weighted by Gasteiger charge is -2.22. The van der Waals surface area contributed by atoms with E-state index in [1.54, 1.807) is 0 Å². The summed E-state index contributed by atoms with van der Waals surface area (Å²) in [6.07, 6.45) is 1.83. The van der Waals surface area contributed by atoms with Crippen LogP contribution in [0.2, 0.25) is 0 Å². The van der Waals surface area contributed by atoms with Crippen LogP contribution in [-0.4, -0.2) is 37.0 Å². The Morgan fingerprint density at radius 1 is 1.24 bits per heavy atom. The van der Waals surface area contributed by atoms with Crippen LogP contribution in [0, 0.1) is 0 Å². The molecule has 0 aliphatic carbocycles. The van der Waals surface area contributed by atoms with Crippen LogP contribution < -0.4 is 5.73 Å². The molecule has 2 aromatic heterocycles. The number of rotatable bonds is 2. The van der Waals surface area contributed by atoms with Gasteiger partial charge in [-0.1, -0.05) is 18.2 Å². The topological polar surface area (TPSA) is 56.7 Å². The van der Waals surface area contributed by atoms with Crippen molar-refractivity contribution in [1.82, 2.24) is 14.5 Å². The number of para-hydroxylation sites is 1. The summed E-state index contributed by atoms with van der Waals surface area (Å²) in [6.45, 7) is 0.925. The molecule has 0 amide bonds. The largest absolute Gasteiger partial charge is 0.369 e. The van der Waals surface area contributed by atoms with E-state index in [-0.39, 0.29) is 0 Å². The first-order valence-corrected chi connectivity index (χ1v) is 9.22. The number of aromatic nitrogens is 3. The van der Waals surface area contributed by atoms with Gasteiger partial charge in [0.05, 0.1) is 17.2 Å². The smallest absolute Gasteiger partial charge is 0.201 e. The summed E-state index contributed by atoms with van der Waals surface area (Å²) >= 11 is 4.08. The summed E-state index contributed by atoms with van der Waals surface area (Å²) < 4.78 is 2.17. The van der Waals surface area contributed by atoms with Crippen LogP contribution in [0.15, 0.2) is 30.5 Å². The van der Waals surface area contributed by atoms with Gasteiger partial charge in [-0.05, 0) is 6.07 Å². The minimum Gasteiger partial charge on any atom is -0.369 e. The van der Waals surface area contributed by atoms with E-state index in [0.717, 1.165) is 28.5 Å². The van der Waals surface area contributed by atoms with E-state index < -0.39 is 0 Å². The van der Waals surface area contributed by atoms with Gasteiger partial charge in [-0.3, -0.25) is 4.98 Å². The van der Waals surface area contributed by atoms with E-state index in [1.165, 1.54) is 17.3 Å². The first-order chi connectivity index (χ1) is 10.3. The zero-order chi connectivity index (χ0) is 14.2. The SMILES string of the molecule is Nc1nc2cnc3ccccc3c2n1CC1CSCCS1. The summed E-state index contributed by atoms with van der Waals surface area (Å²) in [5.41, 5.74) is 9.17. The van der Waals surface area contributed by atoms with Gasteiger partial charge in [0, 0.05) is 34.4 Å². The minimum absolute atomic E-state index is 0.597. The summed E-state index contributed by atoms with van der Waals surface area (Å²) in [7, 11) is 0. The van der Waals surface area contributed by atoms with Gasteiger partial charge in [-0.2, -0.15) is 23.5 Å². The fourth-order valence-electron chi connectivity index (χ4n) is 2.81. The molecule has 108 valence electrons. The van der Waals surface area contributed by atoms with Gasteiger partial charge >= 0.3 is 0 Å². The van der Waals surface area contributed by atoms with Gasteiger partial charge < -0.3 is 10.3 Å². The molecule has 1 aromatic carbocycles. The molecule has 6 heteroatoms. The second-order valence-corrected chi connectivity index (χ2v) is 7.72. The highest BCUT2D eigenvalue weighted by Gasteiger charge is 2.19. The quantitative estimate of drug-likeness (QED) is 0.787. The highest BCUT2D eigenvalue weighted by Crippen LogP contribution is 2.30. The fraction of sp³-hybridized carbons (Fsp3) is 0.333. The number of nitrogen functional groups attached to an aromatic ring is 1. The molecular formula is C15H16N4S2. The number of nitrogens with zero attached hydrogens (tertiary/aromatic N) is 3. The molecule has 4 nitrogen and oxygen atoms in total. The van der Waals surface area contributed by atoms with Gasteiger partial charge in [0.25, 0.3) is 0 Å². The molecular weight excluding hydrogens is 300 g/mol. The molecule has 1 aliphatic heterocycles. The molecule has 1 fully saturated rings. The second-order valence-electron chi connectivity index (χ2n) is 5.16. The van der Waals surface area contributed by atoms with Crippen LogP contribution in [0.1, 0.15) is 0 Å². The van der Waals surface area contributed by atoms with Crippen molar-refractivity contribution >= 4 is 51.4 Å². The lowest BCUT2D eigenvalue weighted by molar-refractivity contribution is 0.725. The molecule has 1 atom stereocenters. The van der Waals surface area contributed by atoms with E-state index in [9.17, 15) is 0 Å². The van der Waals surface area contributed by atoms with Crippen LogP contribution in [0.4, 0.5) is 5.95 Å². The maximum atomic E-state index is 6.17. The molecule has 2 N–H and O–H groups in total. The van der Waals surface area contributed by atoms with Crippen LogP contribution in [0.5, 0.6) is 0 Å². The third-order valence-electron chi connectivity index (χ3n) is 3.78. The number of imidazole rings is 1. The minimum atomic E-state index is 0.597. The van der Waals surface area contributed by atoms with Crippen molar-refractivity contribution in [2.45, 2.75) is 11.8 Å². The van der Waals surface area contributed by atoms with Gasteiger partial charge in [-0.25, -0.2) is 4.98 Å². The number of thioether (sulfide) groups is 2. The van der Waals surface area contributed by atoms with Crippen molar-refractivity contribution in [2.24, 2.45) is 0 Å². The molecule has 0 saturated carbocycles. The number of nitrogens with two attached hydrogens (primary N) is 1. The van der Waals surface area contributed by atoms with Crippen molar-refractivity contribution in [1.29, 1.82) is 0 Å². The summed E-state index contributed by atoms with van der Waals surface area (Å²) in [4.78, 5) is 8.96. The number of hydrogen-bond acceptors (Lipinski definition) is 5. The number of anilines is 1. The van der Waals surface area contributed by atoms with E-state index in [1.807, 2.05) is 47.9 Å². The molecule has 0 radical (unpaired) electrons. The molecule has 21 heavy (non-hydrogen) atoms. The summed E-state index contributed by atoms with van der Waals surface area (Å²) in [6, 6.07) is 8.19. The Labute approximate surface area is 131 Å². The number of hydrogen-bond donors (Lipinski definition) is 1. The molecule has 1 unspecified atom stereocenters. The Morgan fingerprint density at radius 2 is 2.14 bits per heavy atom. The second kappa shape index (κ2) is 5.42. The first-order valence-electron chi connectivity index (χ1n) is 7.02.